The van der Waals surface area contributed by atoms with E-state index >= 15 is 0 Å². The molecule has 1 saturated heterocycles. The Kier molecular flexibility index (Phi) is 3.89. The lowest BCUT2D eigenvalue weighted by atomic mass is 10.3. The highest BCUT2D eigenvalue weighted by atomic mass is 32.2. The second-order valence-electron chi connectivity index (χ2n) is 3.92. The van der Waals surface area contributed by atoms with Gasteiger partial charge in [0.15, 0.2) is 0 Å². The molecule has 1 aromatic rings. The summed E-state index contributed by atoms with van der Waals surface area (Å²) in [5.74, 6) is 0.281. The van der Waals surface area contributed by atoms with Crippen molar-refractivity contribution in [2.45, 2.75) is 17.5 Å². The maximum absolute atomic E-state index is 12.0. The normalized spacial score (nSPS) is 25.4. The fraction of sp³-hybridized carbons (Fsp3) is 0.545. The van der Waals surface area contributed by atoms with E-state index in [-0.39, 0.29) is 16.5 Å². The number of nitrogens with zero attached hydrogens (tertiary/aromatic N) is 1. The summed E-state index contributed by atoms with van der Waals surface area (Å²) in [5.41, 5.74) is 1.27. The molecule has 0 aromatic carbocycles. The van der Waals surface area contributed by atoms with Crippen molar-refractivity contribution in [3.63, 3.8) is 0 Å². The standard InChI is InChI=1S/C11H16N2OS2/c1-8-10(14)13(5-4-12-2)11(16-8)9-3-6-15-7-9/h3,6-8,11-12H,4-5H2,1-2H3/p+1/t8-,11-/m1/s1. The highest BCUT2D eigenvalue weighted by Crippen LogP contribution is 2.42. The number of likely N-dealkylation sites (N-methyl/N-ethyl adjacent to an activating group) is 1. The van der Waals surface area contributed by atoms with Crippen LogP contribution in [-0.2, 0) is 4.79 Å². The summed E-state index contributed by atoms with van der Waals surface area (Å²) in [6.45, 7) is 3.81. The molecule has 1 aliphatic heterocycles. The highest BCUT2D eigenvalue weighted by Gasteiger charge is 2.38. The Labute approximate surface area is 104 Å². The largest absolute Gasteiger partial charge is 0.347 e. The SMILES string of the molecule is C[NH2+]CCN1C(=O)[C@@H](C)S[C@@H]1c1ccsc1. The number of rotatable bonds is 4. The van der Waals surface area contributed by atoms with E-state index in [0.29, 0.717) is 0 Å². The summed E-state index contributed by atoms with van der Waals surface area (Å²) in [6.07, 6.45) is 0. The van der Waals surface area contributed by atoms with Gasteiger partial charge in [0.1, 0.15) is 5.37 Å². The van der Waals surface area contributed by atoms with E-state index in [0.717, 1.165) is 13.1 Å². The number of thiophene rings is 1. The van der Waals surface area contributed by atoms with Crippen LogP contribution in [0, 0.1) is 0 Å². The first-order valence-corrected chi connectivity index (χ1v) is 7.38. The zero-order valence-electron chi connectivity index (χ0n) is 9.55. The molecular formula is C11H17N2OS2+. The van der Waals surface area contributed by atoms with Crippen molar-refractivity contribution in [1.29, 1.82) is 0 Å². The Morgan fingerprint density at radius 3 is 3.00 bits per heavy atom. The van der Waals surface area contributed by atoms with Crippen molar-refractivity contribution in [3.8, 4) is 0 Å². The molecule has 0 radical (unpaired) electrons. The lowest BCUT2D eigenvalue weighted by molar-refractivity contribution is -0.626. The van der Waals surface area contributed by atoms with Crippen molar-refractivity contribution < 1.29 is 10.1 Å². The van der Waals surface area contributed by atoms with Crippen molar-refractivity contribution in [2.24, 2.45) is 0 Å². The number of amides is 1. The van der Waals surface area contributed by atoms with Crippen molar-refractivity contribution in [3.05, 3.63) is 22.4 Å². The van der Waals surface area contributed by atoms with Gasteiger partial charge in [-0.2, -0.15) is 11.3 Å². The molecule has 0 saturated carbocycles. The number of thioether (sulfide) groups is 1. The van der Waals surface area contributed by atoms with Gasteiger partial charge < -0.3 is 10.2 Å². The molecule has 1 fully saturated rings. The van der Waals surface area contributed by atoms with Crippen LogP contribution in [0.3, 0.4) is 0 Å². The number of carbonyl (C=O) groups is 1. The van der Waals surface area contributed by atoms with E-state index < -0.39 is 0 Å². The van der Waals surface area contributed by atoms with Crippen LogP contribution >= 0.6 is 23.1 Å². The lowest BCUT2D eigenvalue weighted by Crippen LogP contribution is -2.81. The molecule has 0 bridgehead atoms. The zero-order valence-corrected chi connectivity index (χ0v) is 11.2. The summed E-state index contributed by atoms with van der Waals surface area (Å²) >= 11 is 3.45. The molecule has 16 heavy (non-hydrogen) atoms. The van der Waals surface area contributed by atoms with Gasteiger partial charge >= 0.3 is 0 Å². The molecule has 2 N–H and O–H groups in total. The van der Waals surface area contributed by atoms with Crippen LogP contribution in [0.4, 0.5) is 0 Å². The van der Waals surface area contributed by atoms with E-state index in [4.69, 9.17) is 0 Å². The number of quaternary nitrogens is 1. The molecule has 1 aromatic heterocycles. The smallest absolute Gasteiger partial charge is 0.236 e. The van der Waals surface area contributed by atoms with Crippen LogP contribution in [0.2, 0.25) is 0 Å². The molecule has 88 valence electrons. The average molecular weight is 257 g/mol. The molecule has 0 unspecified atom stereocenters. The van der Waals surface area contributed by atoms with Gasteiger partial charge in [-0.15, -0.1) is 11.8 Å². The van der Waals surface area contributed by atoms with Crippen molar-refractivity contribution in [1.82, 2.24) is 4.90 Å². The maximum Gasteiger partial charge on any atom is 0.236 e. The molecule has 3 nitrogen and oxygen atoms in total. The van der Waals surface area contributed by atoms with E-state index in [1.807, 2.05) is 18.9 Å². The third-order valence-corrected chi connectivity index (χ3v) is 4.83. The predicted octanol–water partition coefficient (Wildman–Crippen LogP) is 0.904. The van der Waals surface area contributed by atoms with Crippen LogP contribution in [-0.4, -0.2) is 36.2 Å². The Bertz CT molecular complexity index is 353. The Morgan fingerprint density at radius 1 is 1.56 bits per heavy atom. The number of nitrogens with two attached hydrogens (primary N) is 1. The molecule has 2 rings (SSSR count). The first-order chi connectivity index (χ1) is 7.74. The minimum Gasteiger partial charge on any atom is -0.347 e. The predicted molar refractivity (Wildman–Crippen MR) is 68.5 cm³/mol. The van der Waals surface area contributed by atoms with E-state index in [1.165, 1.54) is 5.56 Å². The third kappa shape index (κ3) is 2.26. The number of carbonyl (C=O) groups excluding carboxylic acids is 1. The zero-order chi connectivity index (χ0) is 11.5. The number of hydrogen-bond donors (Lipinski definition) is 1. The molecule has 1 amide bonds. The van der Waals surface area contributed by atoms with Gasteiger partial charge in [-0.1, -0.05) is 0 Å². The molecule has 2 heterocycles. The van der Waals surface area contributed by atoms with Gasteiger partial charge in [0.05, 0.1) is 25.4 Å². The summed E-state index contributed by atoms with van der Waals surface area (Å²) in [5, 5.41) is 6.67. The molecular weight excluding hydrogens is 240 g/mol. The summed E-state index contributed by atoms with van der Waals surface area (Å²) in [7, 11) is 2.04. The van der Waals surface area contributed by atoms with Gasteiger partial charge in [0.25, 0.3) is 0 Å². The molecule has 0 spiro atoms. The topological polar surface area (TPSA) is 36.9 Å². The first kappa shape index (κ1) is 12.0. The van der Waals surface area contributed by atoms with Gasteiger partial charge in [-0.25, -0.2) is 0 Å². The van der Waals surface area contributed by atoms with Gasteiger partial charge in [-0.3, -0.25) is 4.79 Å². The summed E-state index contributed by atoms with van der Waals surface area (Å²) in [6, 6.07) is 2.12. The van der Waals surface area contributed by atoms with Gasteiger partial charge in [0.2, 0.25) is 5.91 Å². The molecule has 5 heteroatoms. The van der Waals surface area contributed by atoms with E-state index in [9.17, 15) is 4.79 Å². The minimum atomic E-state index is 0.0988. The van der Waals surface area contributed by atoms with Gasteiger partial charge in [0, 0.05) is 0 Å². The second-order valence-corrected chi connectivity index (χ2v) is 6.12. The van der Waals surface area contributed by atoms with Crippen LogP contribution < -0.4 is 5.32 Å². The van der Waals surface area contributed by atoms with Gasteiger partial charge in [-0.05, 0) is 29.3 Å². The van der Waals surface area contributed by atoms with Crippen molar-refractivity contribution >= 4 is 29.0 Å². The second kappa shape index (κ2) is 5.21. The fourth-order valence-corrected chi connectivity index (χ4v) is 3.91. The average Bonchev–Trinajstić information content (AvgIpc) is 2.87. The highest BCUT2D eigenvalue weighted by molar-refractivity contribution is 8.01. The maximum atomic E-state index is 12.0. The van der Waals surface area contributed by atoms with E-state index in [2.05, 4.69) is 22.1 Å². The fourth-order valence-electron chi connectivity index (χ4n) is 1.84. The Morgan fingerprint density at radius 2 is 2.38 bits per heavy atom. The molecule has 1 aliphatic rings. The summed E-state index contributed by atoms with van der Waals surface area (Å²) in [4.78, 5) is 14.0. The quantitative estimate of drug-likeness (QED) is 0.870. The monoisotopic (exact) mass is 257 g/mol. The first-order valence-electron chi connectivity index (χ1n) is 5.50. The number of hydrogen-bond acceptors (Lipinski definition) is 3. The minimum absolute atomic E-state index is 0.0988. The van der Waals surface area contributed by atoms with Crippen LogP contribution in [0.15, 0.2) is 16.8 Å². The molecule has 2 atom stereocenters. The Hall–Kier alpha value is -0.520. The van der Waals surface area contributed by atoms with Crippen LogP contribution in [0.1, 0.15) is 17.9 Å². The van der Waals surface area contributed by atoms with Crippen LogP contribution in [0.25, 0.3) is 0 Å². The Balaban J connectivity index is 2.13. The van der Waals surface area contributed by atoms with Crippen LogP contribution in [0.5, 0.6) is 0 Å². The third-order valence-electron chi connectivity index (χ3n) is 2.73. The summed E-state index contributed by atoms with van der Waals surface area (Å²) < 4.78 is 0. The van der Waals surface area contributed by atoms with Crippen molar-refractivity contribution in [2.75, 3.05) is 20.1 Å². The molecule has 0 aliphatic carbocycles. The lowest BCUT2D eigenvalue weighted by Gasteiger charge is -2.22. The van der Waals surface area contributed by atoms with E-state index in [1.54, 1.807) is 23.1 Å².